The molecule has 0 aliphatic carbocycles. The van der Waals surface area contributed by atoms with Gasteiger partial charge in [-0.15, -0.1) is 0 Å². The number of methoxy groups -OCH3 is 1. The Hall–Kier alpha value is -3.75. The summed E-state index contributed by atoms with van der Waals surface area (Å²) in [5.74, 6) is -0.362. The number of ether oxygens (including phenoxy) is 2. The molecular formula is C29H31FN2O5. The van der Waals surface area contributed by atoms with Gasteiger partial charge in [0.1, 0.15) is 11.6 Å². The van der Waals surface area contributed by atoms with Crippen LogP contribution in [0.3, 0.4) is 0 Å². The standard InChI is InChI=1S/C29H31FN2O5/c1-36-18-17-31-27(34)19-37-24-13-9-21(10-14-24)28-25(29(35)32(28)23-5-3-2-4-6-23)15-16-26(33)20-7-11-22(30)12-8-20/h2-14,25-26,28,33H,15-19H2,1H3,(H,31,34)/t25-,26+,28-/m1/s1. The molecule has 0 bridgehead atoms. The lowest BCUT2D eigenvalue weighted by molar-refractivity contribution is -0.131. The highest BCUT2D eigenvalue weighted by Gasteiger charge is 2.48. The van der Waals surface area contributed by atoms with Crippen molar-refractivity contribution in [2.24, 2.45) is 5.92 Å². The number of anilines is 1. The molecule has 0 radical (unpaired) electrons. The summed E-state index contributed by atoms with van der Waals surface area (Å²) in [5, 5.41) is 13.3. The lowest BCUT2D eigenvalue weighted by Crippen LogP contribution is -2.55. The highest BCUT2D eigenvalue weighted by Crippen LogP contribution is 2.46. The Morgan fingerprint density at radius 1 is 1.05 bits per heavy atom. The van der Waals surface area contributed by atoms with E-state index in [2.05, 4.69) is 5.32 Å². The molecule has 0 spiro atoms. The van der Waals surface area contributed by atoms with Gasteiger partial charge in [0.15, 0.2) is 6.61 Å². The van der Waals surface area contributed by atoms with Crippen LogP contribution in [0.25, 0.3) is 0 Å². The summed E-state index contributed by atoms with van der Waals surface area (Å²) in [7, 11) is 1.57. The van der Waals surface area contributed by atoms with Gasteiger partial charge in [0.2, 0.25) is 5.91 Å². The third kappa shape index (κ3) is 6.53. The molecule has 194 valence electrons. The number of halogens is 1. The van der Waals surface area contributed by atoms with Crippen molar-refractivity contribution < 1.29 is 28.6 Å². The number of para-hydroxylation sites is 1. The van der Waals surface area contributed by atoms with E-state index in [9.17, 15) is 19.1 Å². The number of carbonyl (C=O) groups is 2. The average Bonchev–Trinajstić information content (AvgIpc) is 2.92. The highest BCUT2D eigenvalue weighted by atomic mass is 19.1. The van der Waals surface area contributed by atoms with Crippen LogP contribution in [0.5, 0.6) is 5.75 Å². The van der Waals surface area contributed by atoms with Gasteiger partial charge in [0.05, 0.1) is 24.7 Å². The fraction of sp³-hybridized carbons (Fsp3) is 0.310. The molecule has 8 heteroatoms. The first-order valence-electron chi connectivity index (χ1n) is 12.3. The number of aliphatic hydroxyl groups is 1. The van der Waals surface area contributed by atoms with Crippen LogP contribution in [0.1, 0.15) is 36.1 Å². The molecule has 1 aliphatic heterocycles. The van der Waals surface area contributed by atoms with Crippen LogP contribution in [-0.2, 0) is 14.3 Å². The van der Waals surface area contributed by atoms with E-state index in [1.807, 2.05) is 42.5 Å². The maximum Gasteiger partial charge on any atom is 0.258 e. The van der Waals surface area contributed by atoms with Crippen molar-refractivity contribution in [1.82, 2.24) is 5.32 Å². The van der Waals surface area contributed by atoms with Crippen LogP contribution < -0.4 is 15.0 Å². The molecule has 1 aliphatic rings. The normalized spacial score (nSPS) is 17.7. The first kappa shape index (κ1) is 26.3. The van der Waals surface area contributed by atoms with Crippen molar-refractivity contribution in [1.29, 1.82) is 0 Å². The van der Waals surface area contributed by atoms with Gasteiger partial charge in [-0.1, -0.05) is 42.5 Å². The van der Waals surface area contributed by atoms with Gasteiger partial charge >= 0.3 is 0 Å². The third-order valence-electron chi connectivity index (χ3n) is 6.47. The highest BCUT2D eigenvalue weighted by molar-refractivity contribution is 6.03. The summed E-state index contributed by atoms with van der Waals surface area (Å²) in [6, 6.07) is 22.4. The van der Waals surface area contributed by atoms with Gasteiger partial charge in [0.25, 0.3) is 5.91 Å². The van der Waals surface area contributed by atoms with Crippen molar-refractivity contribution in [2.45, 2.75) is 25.0 Å². The molecule has 1 fully saturated rings. The molecule has 3 aromatic rings. The topological polar surface area (TPSA) is 88.1 Å². The summed E-state index contributed by atoms with van der Waals surface area (Å²) in [6.07, 6.45) is 0.0665. The summed E-state index contributed by atoms with van der Waals surface area (Å²) < 4.78 is 23.7. The van der Waals surface area contributed by atoms with E-state index in [1.54, 1.807) is 36.3 Å². The van der Waals surface area contributed by atoms with Crippen LogP contribution in [-0.4, -0.2) is 43.8 Å². The minimum atomic E-state index is -0.786. The second-order valence-electron chi connectivity index (χ2n) is 8.94. The van der Waals surface area contributed by atoms with E-state index in [0.717, 1.165) is 11.3 Å². The number of hydrogen-bond donors (Lipinski definition) is 2. The summed E-state index contributed by atoms with van der Waals surface area (Å²) >= 11 is 0. The van der Waals surface area contributed by atoms with E-state index in [4.69, 9.17) is 9.47 Å². The zero-order valence-corrected chi connectivity index (χ0v) is 20.7. The Morgan fingerprint density at radius 3 is 2.43 bits per heavy atom. The number of nitrogens with zero attached hydrogens (tertiary/aromatic N) is 1. The van der Waals surface area contributed by atoms with Crippen LogP contribution in [0.15, 0.2) is 78.9 Å². The molecule has 7 nitrogen and oxygen atoms in total. The van der Waals surface area contributed by atoms with Crippen molar-refractivity contribution in [3.63, 3.8) is 0 Å². The Kier molecular flexibility index (Phi) is 8.87. The fourth-order valence-corrected chi connectivity index (χ4v) is 4.53. The molecule has 3 atom stereocenters. The number of carbonyl (C=O) groups excluding carboxylic acids is 2. The monoisotopic (exact) mass is 506 g/mol. The number of aliphatic hydroxyl groups excluding tert-OH is 1. The zero-order chi connectivity index (χ0) is 26.2. The first-order chi connectivity index (χ1) is 18.0. The predicted molar refractivity (Wildman–Crippen MR) is 138 cm³/mol. The molecule has 2 amide bonds. The summed E-state index contributed by atoms with van der Waals surface area (Å²) in [4.78, 5) is 26.9. The van der Waals surface area contributed by atoms with Crippen molar-refractivity contribution in [3.8, 4) is 5.75 Å². The molecule has 2 N–H and O–H groups in total. The van der Waals surface area contributed by atoms with E-state index in [1.165, 1.54) is 12.1 Å². The van der Waals surface area contributed by atoms with Crippen molar-refractivity contribution >= 4 is 17.5 Å². The van der Waals surface area contributed by atoms with E-state index < -0.39 is 6.10 Å². The molecule has 0 unspecified atom stereocenters. The zero-order valence-electron chi connectivity index (χ0n) is 20.7. The van der Waals surface area contributed by atoms with Gasteiger partial charge in [-0.25, -0.2) is 4.39 Å². The average molecular weight is 507 g/mol. The summed E-state index contributed by atoms with van der Waals surface area (Å²) in [6.45, 7) is 0.742. The quantitative estimate of drug-likeness (QED) is 0.284. The molecular weight excluding hydrogens is 475 g/mol. The lowest BCUT2D eigenvalue weighted by Gasteiger charge is -2.48. The van der Waals surface area contributed by atoms with Crippen LogP contribution in [0, 0.1) is 11.7 Å². The fourth-order valence-electron chi connectivity index (χ4n) is 4.53. The van der Waals surface area contributed by atoms with Crippen LogP contribution in [0.4, 0.5) is 10.1 Å². The van der Waals surface area contributed by atoms with Gasteiger partial charge in [0, 0.05) is 19.3 Å². The number of hydrogen-bond acceptors (Lipinski definition) is 5. The number of β-lactam (4-membered cyclic amide) rings is 1. The van der Waals surface area contributed by atoms with Gasteiger partial charge < -0.3 is 24.8 Å². The van der Waals surface area contributed by atoms with E-state index in [-0.39, 0.29) is 36.2 Å². The smallest absolute Gasteiger partial charge is 0.258 e. The first-order valence-corrected chi connectivity index (χ1v) is 12.3. The molecule has 1 saturated heterocycles. The molecule has 0 saturated carbocycles. The van der Waals surface area contributed by atoms with Crippen LogP contribution in [0.2, 0.25) is 0 Å². The number of benzene rings is 3. The Balaban J connectivity index is 1.44. The summed E-state index contributed by atoms with van der Waals surface area (Å²) in [5.41, 5.74) is 2.36. The van der Waals surface area contributed by atoms with Gasteiger partial charge in [-0.2, -0.15) is 0 Å². The predicted octanol–water partition coefficient (Wildman–Crippen LogP) is 4.19. The molecule has 1 heterocycles. The second kappa shape index (κ2) is 12.5. The largest absolute Gasteiger partial charge is 0.484 e. The third-order valence-corrected chi connectivity index (χ3v) is 6.47. The van der Waals surface area contributed by atoms with E-state index >= 15 is 0 Å². The molecule has 3 aromatic carbocycles. The Bertz CT molecular complexity index is 1170. The molecule has 4 rings (SSSR count). The van der Waals surface area contributed by atoms with Crippen LogP contribution >= 0.6 is 0 Å². The minimum Gasteiger partial charge on any atom is -0.484 e. The molecule has 37 heavy (non-hydrogen) atoms. The van der Waals surface area contributed by atoms with Crippen molar-refractivity contribution in [2.75, 3.05) is 31.8 Å². The minimum absolute atomic E-state index is 0.00411. The van der Waals surface area contributed by atoms with Gasteiger partial charge in [-0.3, -0.25) is 9.59 Å². The maximum atomic E-state index is 13.2. The Labute approximate surface area is 215 Å². The number of nitrogens with one attached hydrogen (secondary N) is 1. The van der Waals surface area contributed by atoms with Crippen molar-refractivity contribution in [3.05, 3.63) is 95.8 Å². The SMILES string of the molecule is COCCNC(=O)COc1ccc([C@@H]2[C@@H](CC[C@H](O)c3ccc(F)cc3)C(=O)N2c2ccccc2)cc1. The van der Waals surface area contributed by atoms with E-state index in [0.29, 0.717) is 37.3 Å². The Morgan fingerprint density at radius 2 is 1.76 bits per heavy atom. The van der Waals surface area contributed by atoms with Gasteiger partial charge in [-0.05, 0) is 60.4 Å². The maximum absolute atomic E-state index is 13.2. The number of rotatable bonds is 12. The molecule has 0 aromatic heterocycles. The lowest BCUT2D eigenvalue weighted by atomic mass is 9.78. The number of amides is 2. The second-order valence-corrected chi connectivity index (χ2v) is 8.94.